The number of H-pyrrole nitrogens is 1. The first-order valence-corrected chi connectivity index (χ1v) is 12.7. The summed E-state index contributed by atoms with van der Waals surface area (Å²) in [5, 5.41) is 3.58. The van der Waals surface area contributed by atoms with Gasteiger partial charge in [0.1, 0.15) is 5.70 Å². The molecular formula is C26H17Cl2N4O4S+. The number of carbonyl (C=O) groups excluding carboxylic acids is 2. The molecule has 0 saturated heterocycles. The molecule has 11 heteroatoms. The number of halogens is 2. The van der Waals surface area contributed by atoms with E-state index in [0.29, 0.717) is 27.0 Å². The van der Waals surface area contributed by atoms with Gasteiger partial charge in [-0.25, -0.2) is 9.79 Å². The van der Waals surface area contributed by atoms with E-state index in [1.165, 1.54) is 9.58 Å². The van der Waals surface area contributed by atoms with E-state index in [4.69, 9.17) is 27.7 Å². The van der Waals surface area contributed by atoms with Crippen molar-refractivity contribution in [1.29, 1.82) is 0 Å². The van der Waals surface area contributed by atoms with Gasteiger partial charge in [0.25, 0.3) is 5.91 Å². The number of anilines is 1. The van der Waals surface area contributed by atoms with Crippen LogP contribution in [0, 0.1) is 0 Å². The third-order valence-corrected chi connectivity index (χ3v) is 6.86. The molecule has 3 aromatic carbocycles. The highest BCUT2D eigenvalue weighted by atomic mass is 35.5. The fourth-order valence-electron chi connectivity index (χ4n) is 3.63. The van der Waals surface area contributed by atoms with Gasteiger partial charge in [0.15, 0.2) is 5.17 Å². The molecule has 0 radical (unpaired) electrons. The van der Waals surface area contributed by atoms with E-state index in [1.807, 2.05) is 12.1 Å². The normalized spacial score (nSPS) is 14.3. The Labute approximate surface area is 224 Å². The van der Waals surface area contributed by atoms with Gasteiger partial charge in [0, 0.05) is 22.2 Å². The van der Waals surface area contributed by atoms with Gasteiger partial charge in [-0.15, -0.1) is 0 Å². The quantitative estimate of drug-likeness (QED) is 0.208. The first-order chi connectivity index (χ1) is 17.9. The molecule has 1 aliphatic rings. The Morgan fingerprint density at radius 3 is 2.43 bits per heavy atom. The average molecular weight is 552 g/mol. The standard InChI is InChI=1S/C26H16Cl2N4O4S/c27-17-12-11-16(20(28)14-17)13-21-24(34)31(18-7-3-1-4-8-18)26(29-21)37-15-22(33)23-25(35)36-30-32(23)19-9-5-2-6-10-19/h1-14H,15H2/p+1/b21-13+. The van der Waals surface area contributed by atoms with E-state index in [1.54, 1.807) is 72.8 Å². The van der Waals surface area contributed by atoms with Crippen LogP contribution < -0.4 is 15.2 Å². The minimum Gasteiger partial charge on any atom is -0.286 e. The number of nitrogens with one attached hydrogen (secondary N) is 1. The smallest absolute Gasteiger partial charge is 0.286 e. The van der Waals surface area contributed by atoms with Gasteiger partial charge in [0.05, 0.1) is 11.4 Å². The van der Waals surface area contributed by atoms with E-state index in [-0.39, 0.29) is 28.2 Å². The zero-order chi connectivity index (χ0) is 25.9. The molecule has 0 atom stereocenters. The lowest BCUT2D eigenvalue weighted by molar-refractivity contribution is -0.672. The summed E-state index contributed by atoms with van der Waals surface area (Å²) in [5.41, 5.74) is 0.893. The van der Waals surface area contributed by atoms with Crippen LogP contribution in [-0.4, -0.2) is 27.9 Å². The third kappa shape index (κ3) is 5.15. The number of hydrogen-bond donors (Lipinski definition) is 1. The summed E-state index contributed by atoms with van der Waals surface area (Å²) in [6.07, 6.45) is 1.57. The molecule has 2 heterocycles. The molecule has 37 heavy (non-hydrogen) atoms. The second-order valence-electron chi connectivity index (χ2n) is 7.78. The van der Waals surface area contributed by atoms with Crippen molar-refractivity contribution >= 4 is 63.6 Å². The van der Waals surface area contributed by atoms with Crippen molar-refractivity contribution in [1.82, 2.24) is 5.27 Å². The topological polar surface area (TPSA) is 99.6 Å². The van der Waals surface area contributed by atoms with Crippen molar-refractivity contribution in [3.63, 3.8) is 0 Å². The first-order valence-electron chi connectivity index (χ1n) is 10.9. The number of carbonyl (C=O) groups is 2. The van der Waals surface area contributed by atoms with Crippen LogP contribution in [0.5, 0.6) is 0 Å². The molecule has 0 aliphatic carbocycles. The first kappa shape index (κ1) is 24.8. The molecule has 184 valence electrons. The molecule has 1 amide bonds. The van der Waals surface area contributed by atoms with Gasteiger partial charge in [0.2, 0.25) is 11.5 Å². The number of hydrogen-bond acceptors (Lipinski definition) is 6. The minimum atomic E-state index is -0.795. The van der Waals surface area contributed by atoms with E-state index in [9.17, 15) is 14.4 Å². The highest BCUT2D eigenvalue weighted by Gasteiger charge is 2.35. The summed E-state index contributed by atoms with van der Waals surface area (Å²) < 4.78 is 6.17. The minimum absolute atomic E-state index is 0.142. The number of ketones is 1. The molecule has 0 bridgehead atoms. The number of thioether (sulfide) groups is 1. The summed E-state index contributed by atoms with van der Waals surface area (Å²) in [4.78, 5) is 44.7. The summed E-state index contributed by atoms with van der Waals surface area (Å²) >= 11 is 13.3. The lowest BCUT2D eigenvalue weighted by atomic mass is 10.2. The lowest BCUT2D eigenvalue weighted by Gasteiger charge is -2.17. The van der Waals surface area contributed by atoms with Gasteiger partial charge in [-0.1, -0.05) is 77.4 Å². The number of Topliss-reactive ketones (excluding diaryl/α,β-unsaturated/α-hetero) is 1. The highest BCUT2D eigenvalue weighted by Crippen LogP contribution is 2.31. The van der Waals surface area contributed by atoms with E-state index >= 15 is 0 Å². The van der Waals surface area contributed by atoms with E-state index in [0.717, 1.165) is 11.8 Å². The fourth-order valence-corrected chi connectivity index (χ4v) is 4.97. The summed E-state index contributed by atoms with van der Waals surface area (Å²) in [6, 6.07) is 22.7. The Morgan fingerprint density at radius 1 is 1.03 bits per heavy atom. The van der Waals surface area contributed by atoms with Crippen molar-refractivity contribution in [2.75, 3.05) is 10.7 Å². The molecule has 1 aromatic heterocycles. The highest BCUT2D eigenvalue weighted by molar-refractivity contribution is 8.14. The lowest BCUT2D eigenvalue weighted by Crippen LogP contribution is -2.41. The Bertz CT molecular complexity index is 1610. The number of aromatic nitrogens is 2. The fraction of sp³-hybridized carbons (Fsp3) is 0.0385. The van der Waals surface area contributed by atoms with Crippen LogP contribution in [0.3, 0.4) is 0 Å². The molecular weight excluding hydrogens is 535 g/mol. The Morgan fingerprint density at radius 2 is 1.73 bits per heavy atom. The van der Waals surface area contributed by atoms with Crippen LogP contribution in [0.25, 0.3) is 11.8 Å². The van der Waals surface area contributed by atoms with Crippen LogP contribution in [0.4, 0.5) is 5.69 Å². The number of nitrogens with zero attached hydrogens (tertiary/aromatic N) is 3. The van der Waals surface area contributed by atoms with Crippen molar-refractivity contribution in [2.45, 2.75) is 0 Å². The summed E-state index contributed by atoms with van der Waals surface area (Å²) in [7, 11) is 0. The van der Waals surface area contributed by atoms with Gasteiger partial charge in [-0.05, 0) is 45.9 Å². The monoisotopic (exact) mass is 551 g/mol. The van der Waals surface area contributed by atoms with Gasteiger partial charge >= 0.3 is 11.3 Å². The number of benzene rings is 3. The van der Waals surface area contributed by atoms with Gasteiger partial charge in [-0.2, -0.15) is 0 Å². The number of rotatable bonds is 6. The summed E-state index contributed by atoms with van der Waals surface area (Å²) in [5.74, 6) is -1.04. The third-order valence-electron chi connectivity index (χ3n) is 5.36. The van der Waals surface area contributed by atoms with Crippen molar-refractivity contribution < 1.29 is 18.8 Å². The SMILES string of the molecule is O=C(CSC1=N/C(=C/c2ccc(Cl)cc2Cl)C(=O)N1c1ccccc1)c1c(=O)o[nH][n+]1-c1ccccc1. The second kappa shape index (κ2) is 10.6. The van der Waals surface area contributed by atoms with Crippen molar-refractivity contribution in [2.24, 2.45) is 4.99 Å². The van der Waals surface area contributed by atoms with Crippen LogP contribution in [0.15, 0.2) is 98.9 Å². The van der Waals surface area contributed by atoms with E-state index < -0.39 is 11.4 Å². The molecule has 0 saturated carbocycles. The molecule has 1 N–H and O–H groups in total. The number of aliphatic imine (C=N–C) groups is 1. The number of amides is 1. The molecule has 0 spiro atoms. The molecule has 5 rings (SSSR count). The zero-order valence-electron chi connectivity index (χ0n) is 18.9. The largest absolute Gasteiger partial charge is 0.438 e. The Kier molecular flexibility index (Phi) is 7.09. The molecule has 4 aromatic rings. The predicted molar refractivity (Wildman–Crippen MR) is 143 cm³/mol. The van der Waals surface area contributed by atoms with Crippen molar-refractivity contribution in [3.05, 3.63) is 116 Å². The van der Waals surface area contributed by atoms with Crippen LogP contribution in [-0.2, 0) is 4.79 Å². The second-order valence-corrected chi connectivity index (χ2v) is 9.56. The predicted octanol–water partition coefficient (Wildman–Crippen LogP) is 4.91. The number of amidine groups is 1. The van der Waals surface area contributed by atoms with Gasteiger partial charge < -0.3 is 0 Å². The maximum atomic E-state index is 13.4. The molecule has 0 fully saturated rings. The van der Waals surface area contributed by atoms with Crippen LogP contribution in [0.2, 0.25) is 10.0 Å². The molecule has 0 unspecified atom stereocenters. The number of para-hydroxylation sites is 2. The number of aromatic amines is 1. The molecule has 8 nitrogen and oxygen atoms in total. The average Bonchev–Trinajstić information content (AvgIpc) is 3.44. The van der Waals surface area contributed by atoms with Gasteiger partial charge in [-0.3, -0.25) is 19.0 Å². The maximum absolute atomic E-state index is 13.4. The maximum Gasteiger partial charge on any atom is 0.438 e. The zero-order valence-corrected chi connectivity index (χ0v) is 21.3. The van der Waals surface area contributed by atoms with Crippen LogP contribution >= 0.6 is 35.0 Å². The summed E-state index contributed by atoms with van der Waals surface area (Å²) in [6.45, 7) is 0. The van der Waals surface area contributed by atoms with E-state index in [2.05, 4.69) is 10.3 Å². The Hall–Kier alpha value is -3.92. The van der Waals surface area contributed by atoms with Crippen LogP contribution in [0.1, 0.15) is 16.1 Å². The van der Waals surface area contributed by atoms with Crippen molar-refractivity contribution in [3.8, 4) is 5.69 Å². The molecule has 1 aliphatic heterocycles. The Balaban J connectivity index is 1.46.